The summed E-state index contributed by atoms with van der Waals surface area (Å²) in [5.74, 6) is 2.52. The summed E-state index contributed by atoms with van der Waals surface area (Å²) in [4.78, 5) is 11.3. The van der Waals surface area contributed by atoms with Crippen molar-refractivity contribution in [3.8, 4) is 12.0 Å². The average molecular weight is 228 g/mol. The van der Waals surface area contributed by atoms with Crippen molar-refractivity contribution < 1.29 is 9.53 Å². The summed E-state index contributed by atoms with van der Waals surface area (Å²) in [6.07, 6.45) is 1.96. The van der Waals surface area contributed by atoms with Gasteiger partial charge < -0.3 is 4.74 Å². The van der Waals surface area contributed by atoms with Gasteiger partial charge in [0, 0.05) is 11.4 Å². The molecule has 17 heavy (non-hydrogen) atoms. The normalized spacial score (nSPS) is 9.76. The second kappa shape index (κ2) is 4.71. The number of para-hydroxylation sites is 1. The Bertz CT molecular complexity index is 617. The van der Waals surface area contributed by atoms with Crippen LogP contribution >= 0.6 is 0 Å². The fourth-order valence-corrected chi connectivity index (χ4v) is 1.71. The fraction of sp³-hybridized carbons (Fsp3) is 0.231. The predicted octanol–water partition coefficient (Wildman–Crippen LogP) is 1.58. The average Bonchev–Trinajstić information content (AvgIpc) is 2.74. The standard InChI is InChI=1S/C13H12N2O2/c1-3-7-15-13-10(8-12(16)17-2)5-4-6-11(13)9-14-15/h4-6,9H,8H2,1-2H3. The van der Waals surface area contributed by atoms with Crippen LogP contribution in [0.1, 0.15) is 12.5 Å². The first-order valence-electron chi connectivity index (χ1n) is 5.21. The van der Waals surface area contributed by atoms with Gasteiger partial charge in [-0.15, -0.1) is 0 Å². The molecule has 86 valence electrons. The molecule has 0 fully saturated rings. The highest BCUT2D eigenvalue weighted by atomic mass is 16.5. The number of hydrogen-bond acceptors (Lipinski definition) is 3. The van der Waals surface area contributed by atoms with Crippen molar-refractivity contribution in [2.24, 2.45) is 0 Å². The number of rotatable bonds is 2. The summed E-state index contributed by atoms with van der Waals surface area (Å²) in [6.45, 7) is 1.75. The first kappa shape index (κ1) is 11.2. The summed E-state index contributed by atoms with van der Waals surface area (Å²) >= 11 is 0. The van der Waals surface area contributed by atoms with Crippen LogP contribution in [0.2, 0.25) is 0 Å². The summed E-state index contributed by atoms with van der Waals surface area (Å²) < 4.78 is 6.27. The van der Waals surface area contributed by atoms with E-state index in [1.165, 1.54) is 7.11 Å². The minimum atomic E-state index is -0.269. The number of fused-ring (bicyclic) bond motifs is 1. The van der Waals surface area contributed by atoms with E-state index in [4.69, 9.17) is 0 Å². The Labute approximate surface area is 99.2 Å². The molecule has 4 heteroatoms. The molecule has 1 heterocycles. The number of aromatic nitrogens is 2. The molecule has 0 unspecified atom stereocenters. The highest BCUT2D eigenvalue weighted by Crippen LogP contribution is 2.18. The molecule has 0 aliphatic heterocycles. The molecule has 2 aromatic rings. The number of ether oxygens (including phenoxy) is 1. The molecule has 0 spiro atoms. The first-order chi connectivity index (χ1) is 8.26. The molecule has 0 aliphatic carbocycles. The van der Waals surface area contributed by atoms with Gasteiger partial charge in [-0.1, -0.05) is 24.1 Å². The molecule has 1 aromatic heterocycles. The molecule has 4 nitrogen and oxygen atoms in total. The first-order valence-corrected chi connectivity index (χ1v) is 5.21. The van der Waals surface area contributed by atoms with E-state index < -0.39 is 0 Å². The molecular formula is C13H12N2O2. The second-order valence-electron chi connectivity index (χ2n) is 3.53. The molecule has 0 amide bonds. The van der Waals surface area contributed by atoms with Crippen molar-refractivity contribution in [3.05, 3.63) is 30.0 Å². The lowest BCUT2D eigenvalue weighted by Crippen LogP contribution is -2.06. The molecule has 0 radical (unpaired) electrons. The van der Waals surface area contributed by atoms with Crippen LogP contribution in [0.25, 0.3) is 10.9 Å². The largest absolute Gasteiger partial charge is 0.469 e. The number of esters is 1. The Kier molecular flexibility index (Phi) is 3.10. The lowest BCUT2D eigenvalue weighted by atomic mass is 10.1. The second-order valence-corrected chi connectivity index (χ2v) is 3.53. The van der Waals surface area contributed by atoms with Gasteiger partial charge in [0.1, 0.15) is 0 Å². The number of carbonyl (C=O) groups is 1. The highest BCUT2D eigenvalue weighted by Gasteiger charge is 2.10. The number of carbonyl (C=O) groups excluding carboxylic acids is 1. The van der Waals surface area contributed by atoms with Gasteiger partial charge in [0.2, 0.25) is 0 Å². The molecule has 0 atom stereocenters. The van der Waals surface area contributed by atoms with Gasteiger partial charge in [-0.3, -0.25) is 4.79 Å². The van der Waals surface area contributed by atoms with E-state index >= 15 is 0 Å². The van der Waals surface area contributed by atoms with Crippen LogP contribution in [-0.2, 0) is 16.0 Å². The Morgan fingerprint density at radius 1 is 1.53 bits per heavy atom. The van der Waals surface area contributed by atoms with Crippen LogP contribution in [0.5, 0.6) is 0 Å². The smallest absolute Gasteiger partial charge is 0.310 e. The Morgan fingerprint density at radius 2 is 2.35 bits per heavy atom. The van der Waals surface area contributed by atoms with E-state index in [1.807, 2.05) is 18.2 Å². The molecule has 0 bridgehead atoms. The zero-order valence-electron chi connectivity index (χ0n) is 9.73. The van der Waals surface area contributed by atoms with Gasteiger partial charge in [-0.05, 0) is 12.5 Å². The topological polar surface area (TPSA) is 44.1 Å². The van der Waals surface area contributed by atoms with Crippen LogP contribution in [0, 0.1) is 12.0 Å². The van der Waals surface area contributed by atoms with Gasteiger partial charge in [-0.2, -0.15) is 9.78 Å². The monoisotopic (exact) mass is 228 g/mol. The van der Waals surface area contributed by atoms with Gasteiger partial charge in [0.05, 0.1) is 25.2 Å². The summed E-state index contributed by atoms with van der Waals surface area (Å²) in [5.41, 5.74) is 1.74. The lowest BCUT2D eigenvalue weighted by Gasteiger charge is -2.03. The van der Waals surface area contributed by atoms with E-state index in [9.17, 15) is 4.79 Å². The van der Waals surface area contributed by atoms with Gasteiger partial charge in [0.15, 0.2) is 0 Å². The summed E-state index contributed by atoms with van der Waals surface area (Å²) in [7, 11) is 1.38. The maximum Gasteiger partial charge on any atom is 0.310 e. The zero-order valence-corrected chi connectivity index (χ0v) is 9.73. The molecule has 2 rings (SSSR count). The number of methoxy groups -OCH3 is 1. The maximum absolute atomic E-state index is 11.3. The van der Waals surface area contributed by atoms with Crippen LogP contribution in [-0.4, -0.2) is 22.9 Å². The van der Waals surface area contributed by atoms with Crippen LogP contribution in [0.3, 0.4) is 0 Å². The fourth-order valence-electron chi connectivity index (χ4n) is 1.71. The van der Waals surface area contributed by atoms with Gasteiger partial charge >= 0.3 is 5.97 Å². The predicted molar refractivity (Wildman–Crippen MR) is 64.3 cm³/mol. The highest BCUT2D eigenvalue weighted by molar-refractivity contribution is 5.86. The molecule has 0 saturated carbocycles. The van der Waals surface area contributed by atoms with Gasteiger partial charge in [-0.25, -0.2) is 0 Å². The third-order valence-corrected chi connectivity index (χ3v) is 2.46. The van der Waals surface area contributed by atoms with Crippen molar-refractivity contribution in [2.75, 3.05) is 7.11 Å². The summed E-state index contributed by atoms with van der Waals surface area (Å²) in [5, 5.41) is 5.14. The van der Waals surface area contributed by atoms with Crippen LogP contribution < -0.4 is 0 Å². The minimum Gasteiger partial charge on any atom is -0.469 e. The van der Waals surface area contributed by atoms with Crippen molar-refractivity contribution in [3.63, 3.8) is 0 Å². The Balaban J connectivity index is 2.56. The van der Waals surface area contributed by atoms with E-state index in [0.717, 1.165) is 16.5 Å². The number of benzene rings is 1. The minimum absolute atomic E-state index is 0.227. The molecule has 0 aliphatic rings. The Hall–Kier alpha value is -2.28. The zero-order chi connectivity index (χ0) is 12.3. The molecular weight excluding hydrogens is 216 g/mol. The van der Waals surface area contributed by atoms with Crippen molar-refractivity contribution in [1.29, 1.82) is 0 Å². The van der Waals surface area contributed by atoms with Gasteiger partial charge in [0.25, 0.3) is 0 Å². The summed E-state index contributed by atoms with van der Waals surface area (Å²) in [6, 6.07) is 8.59. The van der Waals surface area contributed by atoms with Crippen molar-refractivity contribution >= 4 is 16.9 Å². The van der Waals surface area contributed by atoms with E-state index in [0.29, 0.717) is 0 Å². The molecule has 1 aromatic carbocycles. The van der Waals surface area contributed by atoms with Crippen molar-refractivity contribution in [1.82, 2.24) is 9.78 Å². The molecule has 0 N–H and O–H groups in total. The Morgan fingerprint density at radius 3 is 3.06 bits per heavy atom. The molecule has 0 saturated heterocycles. The van der Waals surface area contributed by atoms with E-state index in [2.05, 4.69) is 21.8 Å². The number of hydrogen-bond donors (Lipinski definition) is 0. The van der Waals surface area contributed by atoms with E-state index in [-0.39, 0.29) is 12.4 Å². The van der Waals surface area contributed by atoms with Crippen molar-refractivity contribution in [2.45, 2.75) is 13.3 Å². The SMILES string of the molecule is CC#Cn1ncc2cccc(CC(=O)OC)c21. The maximum atomic E-state index is 11.3. The lowest BCUT2D eigenvalue weighted by molar-refractivity contribution is -0.139. The van der Waals surface area contributed by atoms with Crippen LogP contribution in [0.4, 0.5) is 0 Å². The third kappa shape index (κ3) is 2.13. The van der Waals surface area contributed by atoms with E-state index in [1.54, 1.807) is 17.8 Å². The van der Waals surface area contributed by atoms with Crippen LogP contribution in [0.15, 0.2) is 24.4 Å². The third-order valence-electron chi connectivity index (χ3n) is 2.46. The number of nitrogens with zero attached hydrogens (tertiary/aromatic N) is 2. The quantitative estimate of drug-likeness (QED) is 0.579.